The highest BCUT2D eigenvalue weighted by Gasteiger charge is 2.14. The summed E-state index contributed by atoms with van der Waals surface area (Å²) in [7, 11) is 0. The average molecular weight is 239 g/mol. The number of carboxylic acid groups (broad SMARTS) is 1. The molecule has 0 unspecified atom stereocenters. The van der Waals surface area contributed by atoms with Crippen molar-refractivity contribution in [3.8, 4) is 22.9 Å². The van der Waals surface area contributed by atoms with Gasteiger partial charge in [0, 0.05) is 5.56 Å². The molecule has 88 valence electrons. The van der Waals surface area contributed by atoms with E-state index in [1.165, 1.54) is 24.3 Å². The first-order valence-electron chi connectivity index (χ1n) is 5.19. The van der Waals surface area contributed by atoms with E-state index >= 15 is 0 Å². The van der Waals surface area contributed by atoms with Crippen LogP contribution in [0.5, 0.6) is 5.75 Å². The normalized spacial score (nSPS) is 9.72. The first-order chi connectivity index (χ1) is 8.63. The van der Waals surface area contributed by atoms with Crippen LogP contribution in [0.3, 0.4) is 0 Å². The lowest BCUT2D eigenvalue weighted by molar-refractivity contribution is 0.0697. The zero-order valence-corrected chi connectivity index (χ0v) is 9.29. The lowest BCUT2D eigenvalue weighted by Gasteiger charge is -2.08. The van der Waals surface area contributed by atoms with E-state index in [-0.39, 0.29) is 16.9 Å². The van der Waals surface area contributed by atoms with Crippen molar-refractivity contribution in [1.29, 1.82) is 5.26 Å². The maximum atomic E-state index is 11.1. The van der Waals surface area contributed by atoms with Crippen LogP contribution < -0.4 is 0 Å². The third-order valence-corrected chi connectivity index (χ3v) is 2.57. The summed E-state index contributed by atoms with van der Waals surface area (Å²) < 4.78 is 0. The first kappa shape index (κ1) is 11.7. The molecule has 4 heteroatoms. The number of hydrogen-bond donors (Lipinski definition) is 2. The minimum Gasteiger partial charge on any atom is -0.508 e. The van der Waals surface area contributed by atoms with Crippen molar-refractivity contribution in [2.24, 2.45) is 0 Å². The number of nitriles is 1. The van der Waals surface area contributed by atoms with Gasteiger partial charge in [0.2, 0.25) is 0 Å². The van der Waals surface area contributed by atoms with Gasteiger partial charge in [-0.05, 0) is 29.8 Å². The van der Waals surface area contributed by atoms with Crippen LogP contribution in [0.4, 0.5) is 0 Å². The van der Waals surface area contributed by atoms with E-state index in [2.05, 4.69) is 0 Å². The predicted molar refractivity (Wildman–Crippen MR) is 65.2 cm³/mol. The zero-order chi connectivity index (χ0) is 13.1. The molecule has 0 atom stereocenters. The van der Waals surface area contributed by atoms with Gasteiger partial charge in [-0.15, -0.1) is 0 Å². The average Bonchev–Trinajstić information content (AvgIpc) is 2.38. The molecule has 2 aromatic carbocycles. The molecule has 2 N–H and O–H groups in total. The number of carboxylic acids is 1. The molecule has 0 aliphatic heterocycles. The molecule has 0 aliphatic carbocycles. The molecule has 2 rings (SSSR count). The van der Waals surface area contributed by atoms with Gasteiger partial charge < -0.3 is 10.2 Å². The third-order valence-electron chi connectivity index (χ3n) is 2.57. The number of aromatic carboxylic acids is 1. The SMILES string of the molecule is N#Cc1cc(O)ccc1-c1ccccc1C(=O)O. The predicted octanol–water partition coefficient (Wildman–Crippen LogP) is 2.63. The highest BCUT2D eigenvalue weighted by Crippen LogP contribution is 2.29. The van der Waals surface area contributed by atoms with E-state index in [0.717, 1.165) is 0 Å². The van der Waals surface area contributed by atoms with Gasteiger partial charge in [0.05, 0.1) is 17.2 Å². The largest absolute Gasteiger partial charge is 0.508 e. The van der Waals surface area contributed by atoms with Crippen molar-refractivity contribution in [2.75, 3.05) is 0 Å². The number of phenolic OH excluding ortho intramolecular Hbond substituents is 1. The molecule has 0 saturated heterocycles. The Bertz CT molecular complexity index is 656. The Morgan fingerprint density at radius 3 is 2.50 bits per heavy atom. The van der Waals surface area contributed by atoms with Crippen LogP contribution in [-0.2, 0) is 0 Å². The van der Waals surface area contributed by atoms with Crippen LogP contribution in [-0.4, -0.2) is 16.2 Å². The molecule has 0 saturated carbocycles. The lowest BCUT2D eigenvalue weighted by Crippen LogP contribution is -1.99. The first-order valence-corrected chi connectivity index (χ1v) is 5.19. The zero-order valence-electron chi connectivity index (χ0n) is 9.29. The van der Waals surface area contributed by atoms with Crippen molar-refractivity contribution < 1.29 is 15.0 Å². The Hall–Kier alpha value is -2.80. The quantitative estimate of drug-likeness (QED) is 0.844. The number of carbonyl (C=O) groups is 1. The van der Waals surface area contributed by atoms with Gasteiger partial charge in [0.1, 0.15) is 5.75 Å². The van der Waals surface area contributed by atoms with E-state index in [4.69, 9.17) is 10.4 Å². The van der Waals surface area contributed by atoms with Gasteiger partial charge >= 0.3 is 5.97 Å². The Labute approximate surface area is 103 Å². The highest BCUT2D eigenvalue weighted by atomic mass is 16.4. The molecular weight excluding hydrogens is 230 g/mol. The second-order valence-corrected chi connectivity index (χ2v) is 3.69. The van der Waals surface area contributed by atoms with Gasteiger partial charge in [-0.1, -0.05) is 18.2 Å². The van der Waals surface area contributed by atoms with Crippen LogP contribution in [0.1, 0.15) is 15.9 Å². The summed E-state index contributed by atoms with van der Waals surface area (Å²) in [6.07, 6.45) is 0. The summed E-state index contributed by atoms with van der Waals surface area (Å²) in [5.41, 5.74) is 1.32. The number of nitrogens with zero attached hydrogens (tertiary/aromatic N) is 1. The molecule has 0 fully saturated rings. The number of phenols is 1. The number of aromatic hydroxyl groups is 1. The third kappa shape index (κ3) is 2.02. The van der Waals surface area contributed by atoms with Crippen molar-refractivity contribution >= 4 is 5.97 Å². The second-order valence-electron chi connectivity index (χ2n) is 3.69. The Kier molecular flexibility index (Phi) is 2.98. The summed E-state index contributed by atoms with van der Waals surface area (Å²) in [5, 5.41) is 27.5. The number of rotatable bonds is 2. The molecule has 0 spiro atoms. The van der Waals surface area contributed by atoms with Crippen molar-refractivity contribution in [3.05, 3.63) is 53.6 Å². The fourth-order valence-corrected chi connectivity index (χ4v) is 1.76. The summed E-state index contributed by atoms with van der Waals surface area (Å²) in [4.78, 5) is 11.1. The Morgan fingerprint density at radius 2 is 1.83 bits per heavy atom. The molecule has 0 radical (unpaired) electrons. The summed E-state index contributed by atoms with van der Waals surface area (Å²) in [6, 6.07) is 12.7. The minimum absolute atomic E-state index is 0.0249. The van der Waals surface area contributed by atoms with E-state index < -0.39 is 5.97 Å². The lowest BCUT2D eigenvalue weighted by atomic mass is 9.96. The van der Waals surface area contributed by atoms with E-state index in [1.807, 2.05) is 6.07 Å². The number of benzene rings is 2. The molecule has 4 nitrogen and oxygen atoms in total. The molecule has 18 heavy (non-hydrogen) atoms. The molecule has 0 amide bonds. The van der Waals surface area contributed by atoms with Gasteiger partial charge in [0.15, 0.2) is 0 Å². The summed E-state index contributed by atoms with van der Waals surface area (Å²) >= 11 is 0. The minimum atomic E-state index is -1.05. The van der Waals surface area contributed by atoms with E-state index in [9.17, 15) is 9.90 Å². The topological polar surface area (TPSA) is 81.3 Å². The molecule has 0 aliphatic rings. The highest BCUT2D eigenvalue weighted by molar-refractivity contribution is 5.96. The van der Waals surface area contributed by atoms with Crippen molar-refractivity contribution in [2.45, 2.75) is 0 Å². The fraction of sp³-hybridized carbons (Fsp3) is 0. The van der Waals surface area contributed by atoms with Crippen LogP contribution in [0, 0.1) is 11.3 Å². The van der Waals surface area contributed by atoms with E-state index in [0.29, 0.717) is 11.1 Å². The van der Waals surface area contributed by atoms with E-state index in [1.54, 1.807) is 18.2 Å². The van der Waals surface area contributed by atoms with Gasteiger partial charge in [-0.3, -0.25) is 0 Å². The monoisotopic (exact) mass is 239 g/mol. The van der Waals surface area contributed by atoms with Crippen molar-refractivity contribution in [1.82, 2.24) is 0 Å². The fourth-order valence-electron chi connectivity index (χ4n) is 1.76. The van der Waals surface area contributed by atoms with Crippen LogP contribution in [0.25, 0.3) is 11.1 Å². The molecule has 2 aromatic rings. The Morgan fingerprint density at radius 1 is 1.11 bits per heavy atom. The van der Waals surface area contributed by atoms with Crippen LogP contribution >= 0.6 is 0 Å². The number of hydrogen-bond acceptors (Lipinski definition) is 3. The molecule has 0 heterocycles. The summed E-state index contributed by atoms with van der Waals surface area (Å²) in [6.45, 7) is 0. The van der Waals surface area contributed by atoms with Gasteiger partial charge in [0.25, 0.3) is 0 Å². The Balaban J connectivity index is 2.70. The van der Waals surface area contributed by atoms with Crippen molar-refractivity contribution in [3.63, 3.8) is 0 Å². The summed E-state index contributed by atoms with van der Waals surface area (Å²) in [5.74, 6) is -1.08. The van der Waals surface area contributed by atoms with Gasteiger partial charge in [-0.25, -0.2) is 4.79 Å². The maximum absolute atomic E-state index is 11.1. The van der Waals surface area contributed by atoms with Crippen LogP contribution in [0.2, 0.25) is 0 Å². The van der Waals surface area contributed by atoms with Crippen LogP contribution in [0.15, 0.2) is 42.5 Å². The molecule has 0 bridgehead atoms. The standard InChI is InChI=1S/C14H9NO3/c15-8-9-7-10(16)5-6-11(9)12-3-1-2-4-13(12)14(17)18/h1-7,16H,(H,17,18). The molecule has 0 aromatic heterocycles. The maximum Gasteiger partial charge on any atom is 0.336 e. The molecular formula is C14H9NO3. The van der Waals surface area contributed by atoms with Gasteiger partial charge in [-0.2, -0.15) is 5.26 Å². The smallest absolute Gasteiger partial charge is 0.336 e. The second kappa shape index (κ2) is 4.60.